The molecule has 0 unspecified atom stereocenters. The maximum absolute atomic E-state index is 5.52. The first-order chi connectivity index (χ1) is 10.7. The molecule has 0 spiro atoms. The lowest BCUT2D eigenvalue weighted by atomic mass is 10.4. The third-order valence-electron chi connectivity index (χ3n) is 2.95. The second-order valence-corrected chi connectivity index (χ2v) is 6.48. The van der Waals surface area contributed by atoms with Crippen LogP contribution in [0.15, 0.2) is 11.2 Å². The molecule has 1 aromatic rings. The van der Waals surface area contributed by atoms with Gasteiger partial charge in [0.15, 0.2) is 5.96 Å². The number of nitrogens with zero attached hydrogens (tertiary/aromatic N) is 2. The summed E-state index contributed by atoms with van der Waals surface area (Å²) in [4.78, 5) is 10.3. The van der Waals surface area contributed by atoms with Gasteiger partial charge >= 0.3 is 0 Å². The van der Waals surface area contributed by atoms with Gasteiger partial charge in [0.25, 0.3) is 0 Å². The molecule has 5 nitrogen and oxygen atoms in total. The van der Waals surface area contributed by atoms with Gasteiger partial charge in [-0.3, -0.25) is 4.99 Å². The molecule has 0 saturated carbocycles. The number of guanidine groups is 1. The zero-order valence-electron chi connectivity index (χ0n) is 14.7. The summed E-state index contributed by atoms with van der Waals surface area (Å²) in [6, 6.07) is 0. The van der Waals surface area contributed by atoms with E-state index in [1.807, 2.05) is 6.20 Å². The SMILES string of the molecule is CCNC(=NCCCOC(C)C)NCCc1ncc(CC)s1.I. The van der Waals surface area contributed by atoms with Gasteiger partial charge in [0.2, 0.25) is 0 Å². The second kappa shape index (κ2) is 14.0. The average molecular weight is 454 g/mol. The zero-order chi connectivity index (χ0) is 16.2. The number of thiazole rings is 1. The van der Waals surface area contributed by atoms with E-state index in [0.29, 0.717) is 6.10 Å². The highest BCUT2D eigenvalue weighted by Crippen LogP contribution is 2.13. The minimum Gasteiger partial charge on any atom is -0.379 e. The normalized spacial score (nSPS) is 11.4. The number of hydrogen-bond donors (Lipinski definition) is 2. The molecule has 7 heteroatoms. The highest BCUT2D eigenvalue weighted by molar-refractivity contribution is 14.0. The van der Waals surface area contributed by atoms with Crippen LogP contribution in [-0.4, -0.2) is 43.3 Å². The van der Waals surface area contributed by atoms with Crippen LogP contribution in [-0.2, 0) is 17.6 Å². The van der Waals surface area contributed by atoms with Gasteiger partial charge in [-0.25, -0.2) is 4.98 Å². The van der Waals surface area contributed by atoms with E-state index >= 15 is 0 Å². The monoisotopic (exact) mass is 454 g/mol. The number of hydrogen-bond acceptors (Lipinski definition) is 4. The van der Waals surface area contributed by atoms with Crippen LogP contribution in [0.3, 0.4) is 0 Å². The van der Waals surface area contributed by atoms with Gasteiger partial charge in [0.05, 0.1) is 11.1 Å². The Kier molecular flexibility index (Phi) is 13.7. The molecule has 0 saturated heterocycles. The fourth-order valence-corrected chi connectivity index (χ4v) is 2.69. The maximum Gasteiger partial charge on any atom is 0.191 e. The molecule has 23 heavy (non-hydrogen) atoms. The molecule has 1 heterocycles. The molecule has 0 aliphatic rings. The fraction of sp³-hybridized carbons (Fsp3) is 0.750. The molecule has 0 aliphatic carbocycles. The Bertz CT molecular complexity index is 437. The maximum atomic E-state index is 5.52. The quantitative estimate of drug-likeness (QED) is 0.247. The Hall–Kier alpha value is -0.410. The molecule has 0 atom stereocenters. The van der Waals surface area contributed by atoms with E-state index in [1.165, 1.54) is 9.88 Å². The average Bonchev–Trinajstić information content (AvgIpc) is 2.94. The first kappa shape index (κ1) is 22.6. The molecule has 0 bridgehead atoms. The van der Waals surface area contributed by atoms with Crippen molar-refractivity contribution in [3.05, 3.63) is 16.1 Å². The summed E-state index contributed by atoms with van der Waals surface area (Å²) in [6.07, 6.45) is 5.22. The van der Waals surface area contributed by atoms with E-state index in [2.05, 4.69) is 48.3 Å². The van der Waals surface area contributed by atoms with Crippen molar-refractivity contribution in [3.8, 4) is 0 Å². The number of halogens is 1. The number of aryl methyl sites for hydroxylation is 1. The van der Waals surface area contributed by atoms with E-state index in [4.69, 9.17) is 4.74 Å². The summed E-state index contributed by atoms with van der Waals surface area (Å²) in [6.45, 7) is 11.6. The topological polar surface area (TPSA) is 58.5 Å². The predicted molar refractivity (Wildman–Crippen MR) is 110 cm³/mol. The third kappa shape index (κ3) is 10.9. The van der Waals surface area contributed by atoms with E-state index in [-0.39, 0.29) is 24.0 Å². The molecule has 1 aromatic heterocycles. The Morgan fingerprint density at radius 3 is 2.74 bits per heavy atom. The Morgan fingerprint density at radius 1 is 1.35 bits per heavy atom. The van der Waals surface area contributed by atoms with E-state index < -0.39 is 0 Å². The summed E-state index contributed by atoms with van der Waals surface area (Å²) in [5.41, 5.74) is 0. The van der Waals surface area contributed by atoms with Crippen molar-refractivity contribution in [2.75, 3.05) is 26.2 Å². The summed E-state index contributed by atoms with van der Waals surface area (Å²) in [5, 5.41) is 7.81. The highest BCUT2D eigenvalue weighted by atomic mass is 127. The van der Waals surface area contributed by atoms with Crippen molar-refractivity contribution in [2.24, 2.45) is 4.99 Å². The van der Waals surface area contributed by atoms with Gasteiger partial charge in [0.1, 0.15) is 0 Å². The Labute approximate surface area is 161 Å². The molecular formula is C16H31IN4OS. The number of aromatic nitrogens is 1. The second-order valence-electron chi connectivity index (χ2n) is 5.28. The van der Waals surface area contributed by atoms with Gasteiger partial charge in [-0.1, -0.05) is 6.92 Å². The van der Waals surface area contributed by atoms with Gasteiger partial charge in [-0.2, -0.15) is 0 Å². The number of aliphatic imine (C=N–C) groups is 1. The van der Waals surface area contributed by atoms with E-state index in [1.54, 1.807) is 11.3 Å². The molecule has 0 amide bonds. The number of nitrogens with one attached hydrogen (secondary N) is 2. The highest BCUT2D eigenvalue weighted by Gasteiger charge is 2.02. The van der Waals surface area contributed by atoms with Crippen LogP contribution in [0, 0.1) is 0 Å². The van der Waals surface area contributed by atoms with Crippen LogP contribution in [0.2, 0.25) is 0 Å². The lowest BCUT2D eigenvalue weighted by Crippen LogP contribution is -2.38. The largest absolute Gasteiger partial charge is 0.379 e. The van der Waals surface area contributed by atoms with Crippen LogP contribution < -0.4 is 10.6 Å². The Balaban J connectivity index is 0.00000484. The standard InChI is InChI=1S/C16H30N4OS.HI/c1-5-14-12-20-15(22-14)8-10-19-16(17-6-2)18-9-7-11-21-13(3)4;/h12-13H,5-11H2,1-4H3,(H2,17,18,19);1H. The van der Waals surface area contributed by atoms with Crippen molar-refractivity contribution >= 4 is 41.3 Å². The minimum atomic E-state index is 0. The summed E-state index contributed by atoms with van der Waals surface area (Å²) >= 11 is 1.80. The molecule has 0 aliphatic heterocycles. The molecule has 134 valence electrons. The summed E-state index contributed by atoms with van der Waals surface area (Å²) in [7, 11) is 0. The van der Waals surface area contributed by atoms with Crippen LogP contribution >= 0.6 is 35.3 Å². The lowest BCUT2D eigenvalue weighted by Gasteiger charge is -2.11. The van der Waals surface area contributed by atoms with E-state index in [0.717, 1.165) is 51.5 Å². The molecule has 0 radical (unpaired) electrons. The van der Waals surface area contributed by atoms with Crippen LogP contribution in [0.1, 0.15) is 44.0 Å². The van der Waals surface area contributed by atoms with Gasteiger partial charge in [-0.15, -0.1) is 35.3 Å². The van der Waals surface area contributed by atoms with Gasteiger partial charge < -0.3 is 15.4 Å². The predicted octanol–water partition coefficient (Wildman–Crippen LogP) is 3.24. The van der Waals surface area contributed by atoms with Crippen molar-refractivity contribution in [1.29, 1.82) is 0 Å². The number of rotatable bonds is 10. The number of ether oxygens (including phenoxy) is 1. The molecule has 1 rings (SSSR count). The van der Waals surface area contributed by atoms with Crippen molar-refractivity contribution in [2.45, 2.75) is 53.1 Å². The fourth-order valence-electron chi connectivity index (χ4n) is 1.83. The smallest absolute Gasteiger partial charge is 0.191 e. The lowest BCUT2D eigenvalue weighted by molar-refractivity contribution is 0.0782. The van der Waals surface area contributed by atoms with E-state index in [9.17, 15) is 0 Å². The van der Waals surface area contributed by atoms with Gasteiger partial charge in [0, 0.05) is 43.7 Å². The minimum absolute atomic E-state index is 0. The summed E-state index contributed by atoms with van der Waals surface area (Å²) < 4.78 is 5.52. The van der Waals surface area contributed by atoms with Crippen LogP contribution in [0.4, 0.5) is 0 Å². The van der Waals surface area contributed by atoms with Crippen molar-refractivity contribution in [3.63, 3.8) is 0 Å². The first-order valence-electron chi connectivity index (χ1n) is 8.23. The van der Waals surface area contributed by atoms with Crippen LogP contribution in [0.25, 0.3) is 0 Å². The zero-order valence-corrected chi connectivity index (χ0v) is 17.9. The molecular weight excluding hydrogens is 423 g/mol. The van der Waals surface area contributed by atoms with Gasteiger partial charge in [-0.05, 0) is 33.6 Å². The van der Waals surface area contributed by atoms with Crippen molar-refractivity contribution in [1.82, 2.24) is 15.6 Å². The molecule has 0 aromatic carbocycles. The summed E-state index contributed by atoms with van der Waals surface area (Å²) in [5.74, 6) is 0.874. The van der Waals surface area contributed by atoms with Crippen LogP contribution in [0.5, 0.6) is 0 Å². The molecule has 0 fully saturated rings. The Morgan fingerprint density at radius 2 is 2.13 bits per heavy atom. The first-order valence-corrected chi connectivity index (χ1v) is 9.04. The third-order valence-corrected chi connectivity index (χ3v) is 4.15. The van der Waals surface area contributed by atoms with Crippen molar-refractivity contribution < 1.29 is 4.74 Å². The molecule has 2 N–H and O–H groups in total.